The van der Waals surface area contributed by atoms with Crippen molar-refractivity contribution in [3.8, 4) is 11.3 Å². The van der Waals surface area contributed by atoms with Crippen LogP contribution in [0.5, 0.6) is 0 Å². The van der Waals surface area contributed by atoms with Gasteiger partial charge in [-0.05, 0) is 37.0 Å². The van der Waals surface area contributed by atoms with Crippen LogP contribution >= 0.6 is 0 Å². The number of nitrogens with one attached hydrogen (secondary N) is 1. The predicted molar refractivity (Wildman–Crippen MR) is 111 cm³/mol. The molecule has 1 aliphatic carbocycles. The number of hydrogen-bond acceptors (Lipinski definition) is 4. The van der Waals surface area contributed by atoms with Gasteiger partial charge in [0.1, 0.15) is 11.9 Å². The maximum atomic E-state index is 12.9. The van der Waals surface area contributed by atoms with E-state index in [1.54, 1.807) is 4.90 Å². The third-order valence-electron chi connectivity index (χ3n) is 6.81. The van der Waals surface area contributed by atoms with Gasteiger partial charge in [-0.3, -0.25) is 19.7 Å². The van der Waals surface area contributed by atoms with Gasteiger partial charge in [-0.25, -0.2) is 4.98 Å². The van der Waals surface area contributed by atoms with Crippen LogP contribution in [-0.2, 0) is 23.2 Å². The third kappa shape index (κ3) is 3.13. The molecule has 0 radical (unpaired) electrons. The lowest BCUT2D eigenvalue weighted by molar-refractivity contribution is -0.136. The number of imidazole rings is 1. The van der Waals surface area contributed by atoms with Crippen molar-refractivity contribution >= 4 is 17.7 Å². The van der Waals surface area contributed by atoms with Crippen LogP contribution in [0.3, 0.4) is 0 Å². The van der Waals surface area contributed by atoms with E-state index in [1.807, 2.05) is 24.4 Å². The highest BCUT2D eigenvalue weighted by Gasteiger charge is 2.39. The predicted octanol–water partition coefficient (Wildman–Crippen LogP) is 2.90. The molecule has 1 saturated carbocycles. The fourth-order valence-corrected chi connectivity index (χ4v) is 5.17. The summed E-state index contributed by atoms with van der Waals surface area (Å²) in [5.41, 5.74) is 3.63. The van der Waals surface area contributed by atoms with Crippen LogP contribution in [-0.4, -0.2) is 38.2 Å². The summed E-state index contributed by atoms with van der Waals surface area (Å²) in [7, 11) is 2.07. The highest BCUT2D eigenvalue weighted by Crippen LogP contribution is 2.35. The molecular weight excluding hydrogens is 380 g/mol. The summed E-state index contributed by atoms with van der Waals surface area (Å²) in [6.45, 7) is 0.390. The molecule has 0 bridgehead atoms. The van der Waals surface area contributed by atoms with Gasteiger partial charge >= 0.3 is 0 Å². The zero-order valence-corrected chi connectivity index (χ0v) is 17.2. The molecule has 2 aromatic rings. The Morgan fingerprint density at radius 3 is 2.63 bits per heavy atom. The van der Waals surface area contributed by atoms with Gasteiger partial charge in [0, 0.05) is 37.1 Å². The van der Waals surface area contributed by atoms with E-state index in [1.165, 1.54) is 32.1 Å². The summed E-state index contributed by atoms with van der Waals surface area (Å²) >= 11 is 0. The third-order valence-corrected chi connectivity index (χ3v) is 6.81. The van der Waals surface area contributed by atoms with Gasteiger partial charge in [-0.1, -0.05) is 25.3 Å². The number of nitrogens with zero attached hydrogens (tertiary/aromatic N) is 3. The van der Waals surface area contributed by atoms with Crippen molar-refractivity contribution in [1.29, 1.82) is 0 Å². The van der Waals surface area contributed by atoms with Crippen molar-refractivity contribution < 1.29 is 14.4 Å². The SMILES string of the molecule is Cn1c(-c2ccc3c(c2)CN(C2CCC(=O)NC2=O)C3=O)cnc1C1CCCCC1. The number of fused-ring (bicyclic) bond motifs is 1. The van der Waals surface area contributed by atoms with Gasteiger partial charge in [0.2, 0.25) is 11.8 Å². The van der Waals surface area contributed by atoms with Crippen molar-refractivity contribution in [1.82, 2.24) is 19.8 Å². The Hall–Kier alpha value is -2.96. The Kier molecular flexibility index (Phi) is 4.68. The average molecular weight is 406 g/mol. The number of aromatic nitrogens is 2. The van der Waals surface area contributed by atoms with E-state index in [-0.39, 0.29) is 24.1 Å². The number of carbonyl (C=O) groups is 3. The molecule has 5 rings (SSSR count). The van der Waals surface area contributed by atoms with Crippen LogP contribution in [0.15, 0.2) is 24.4 Å². The Morgan fingerprint density at radius 2 is 1.87 bits per heavy atom. The first-order valence-corrected chi connectivity index (χ1v) is 10.8. The first-order chi connectivity index (χ1) is 14.5. The topological polar surface area (TPSA) is 84.3 Å². The second-order valence-electron chi connectivity index (χ2n) is 8.67. The molecular formula is C23H26N4O3. The maximum Gasteiger partial charge on any atom is 0.255 e. The molecule has 7 nitrogen and oxygen atoms in total. The minimum Gasteiger partial charge on any atom is -0.331 e. The molecule has 30 heavy (non-hydrogen) atoms. The van der Waals surface area contributed by atoms with Crippen molar-refractivity contribution in [2.24, 2.45) is 7.05 Å². The first kappa shape index (κ1) is 19.0. The molecule has 2 fully saturated rings. The summed E-state index contributed by atoms with van der Waals surface area (Å²) in [4.78, 5) is 42.9. The number of amides is 3. The minimum atomic E-state index is -0.583. The molecule has 1 atom stereocenters. The van der Waals surface area contributed by atoms with Crippen LogP contribution in [0.25, 0.3) is 11.3 Å². The molecule has 1 aromatic heterocycles. The van der Waals surface area contributed by atoms with E-state index in [4.69, 9.17) is 4.98 Å². The fraction of sp³-hybridized carbons (Fsp3) is 0.478. The lowest BCUT2D eigenvalue weighted by Gasteiger charge is -2.29. The summed E-state index contributed by atoms with van der Waals surface area (Å²) in [6.07, 6.45) is 8.82. The first-order valence-electron chi connectivity index (χ1n) is 10.8. The molecule has 0 spiro atoms. The van der Waals surface area contributed by atoms with E-state index in [0.717, 1.165) is 22.6 Å². The molecule has 2 aliphatic heterocycles. The molecule has 1 N–H and O–H groups in total. The second kappa shape index (κ2) is 7.38. The van der Waals surface area contributed by atoms with Crippen LogP contribution in [0.2, 0.25) is 0 Å². The summed E-state index contributed by atoms with van der Waals surface area (Å²) in [5, 5.41) is 2.35. The summed E-state index contributed by atoms with van der Waals surface area (Å²) < 4.78 is 2.19. The maximum absolute atomic E-state index is 12.9. The van der Waals surface area contributed by atoms with Gasteiger partial charge in [0.15, 0.2) is 0 Å². The average Bonchev–Trinajstić information content (AvgIpc) is 3.28. The zero-order chi connectivity index (χ0) is 20.8. The summed E-state index contributed by atoms with van der Waals surface area (Å²) in [6, 6.07) is 5.28. The smallest absolute Gasteiger partial charge is 0.255 e. The summed E-state index contributed by atoms with van der Waals surface area (Å²) in [5.74, 6) is 0.881. The standard InChI is InChI=1S/C23H26N4O3/c1-26-19(12-24-21(26)14-5-3-2-4-6-14)15-7-8-17-16(11-15)13-27(23(17)30)18-9-10-20(28)25-22(18)29/h7-8,11-12,14,18H,2-6,9-10,13H2,1H3,(H,25,28,29). The van der Waals surface area contributed by atoms with E-state index in [2.05, 4.69) is 16.9 Å². The Labute approximate surface area is 175 Å². The van der Waals surface area contributed by atoms with E-state index in [9.17, 15) is 14.4 Å². The minimum absolute atomic E-state index is 0.140. The van der Waals surface area contributed by atoms with Gasteiger partial charge in [-0.2, -0.15) is 0 Å². The number of rotatable bonds is 3. The molecule has 1 unspecified atom stereocenters. The van der Waals surface area contributed by atoms with Crippen molar-refractivity contribution in [3.05, 3.63) is 41.3 Å². The largest absolute Gasteiger partial charge is 0.331 e. The second-order valence-corrected chi connectivity index (χ2v) is 8.67. The number of piperidine rings is 1. The molecule has 1 aromatic carbocycles. The molecule has 3 heterocycles. The number of imide groups is 1. The van der Waals surface area contributed by atoms with Crippen LogP contribution in [0, 0.1) is 0 Å². The van der Waals surface area contributed by atoms with Gasteiger partial charge in [0.25, 0.3) is 5.91 Å². The van der Waals surface area contributed by atoms with E-state index >= 15 is 0 Å². The number of carbonyl (C=O) groups excluding carboxylic acids is 3. The monoisotopic (exact) mass is 406 g/mol. The molecule has 1 saturated heterocycles. The van der Waals surface area contributed by atoms with Crippen molar-refractivity contribution in [2.75, 3.05) is 0 Å². The number of hydrogen-bond donors (Lipinski definition) is 1. The fourth-order valence-electron chi connectivity index (χ4n) is 5.17. The molecule has 7 heteroatoms. The Balaban J connectivity index is 1.40. The normalized spacial score (nSPS) is 22.4. The van der Waals surface area contributed by atoms with Gasteiger partial charge in [-0.15, -0.1) is 0 Å². The highest BCUT2D eigenvalue weighted by molar-refractivity contribution is 6.05. The zero-order valence-electron chi connectivity index (χ0n) is 17.2. The highest BCUT2D eigenvalue weighted by atomic mass is 16.2. The lowest BCUT2D eigenvalue weighted by atomic mass is 9.88. The lowest BCUT2D eigenvalue weighted by Crippen LogP contribution is -2.52. The molecule has 3 aliphatic rings. The molecule has 3 amide bonds. The van der Waals surface area contributed by atoms with E-state index < -0.39 is 6.04 Å². The van der Waals surface area contributed by atoms with Gasteiger partial charge in [0.05, 0.1) is 11.9 Å². The van der Waals surface area contributed by atoms with Crippen molar-refractivity contribution in [3.63, 3.8) is 0 Å². The van der Waals surface area contributed by atoms with E-state index in [0.29, 0.717) is 24.4 Å². The van der Waals surface area contributed by atoms with Gasteiger partial charge < -0.3 is 9.47 Å². The van der Waals surface area contributed by atoms with Crippen LogP contribution < -0.4 is 5.32 Å². The Bertz CT molecular complexity index is 1040. The van der Waals surface area contributed by atoms with Crippen LogP contribution in [0.1, 0.15) is 72.6 Å². The molecule has 156 valence electrons. The van der Waals surface area contributed by atoms with Crippen molar-refractivity contribution in [2.45, 2.75) is 63.5 Å². The van der Waals surface area contributed by atoms with Crippen LogP contribution in [0.4, 0.5) is 0 Å². The Morgan fingerprint density at radius 1 is 1.07 bits per heavy atom. The quantitative estimate of drug-likeness (QED) is 0.795. The number of benzene rings is 1.